The number of carbonyl (C=O) groups excluding carboxylic acids is 2. The van der Waals surface area contributed by atoms with E-state index in [0.717, 1.165) is 11.4 Å². The Kier molecular flexibility index (Phi) is 7.92. The maximum atomic E-state index is 12.0. The lowest BCUT2D eigenvalue weighted by Crippen LogP contribution is -2.18. The van der Waals surface area contributed by atoms with Crippen LogP contribution >= 0.6 is 11.8 Å². The van der Waals surface area contributed by atoms with Crippen molar-refractivity contribution in [2.75, 3.05) is 22.1 Å². The van der Waals surface area contributed by atoms with Crippen molar-refractivity contribution in [2.24, 2.45) is 0 Å². The SMILES string of the molecule is CC(C)c1ccc(NC(=O)CSCC(=O)Nc2ccc(C(C)C)cc2)cc1. The van der Waals surface area contributed by atoms with Gasteiger partial charge in [-0.05, 0) is 47.2 Å². The van der Waals surface area contributed by atoms with Crippen LogP contribution in [0.15, 0.2) is 48.5 Å². The molecule has 0 heterocycles. The predicted octanol–water partition coefficient (Wildman–Crippen LogP) is 5.24. The molecule has 0 atom stereocenters. The number of nitrogens with one attached hydrogen (secondary N) is 2. The van der Waals surface area contributed by atoms with E-state index in [2.05, 4.69) is 38.3 Å². The quantitative estimate of drug-likeness (QED) is 0.654. The molecule has 27 heavy (non-hydrogen) atoms. The summed E-state index contributed by atoms with van der Waals surface area (Å²) in [5.41, 5.74) is 4.03. The summed E-state index contributed by atoms with van der Waals surface area (Å²) in [7, 11) is 0. The van der Waals surface area contributed by atoms with Gasteiger partial charge in [0.15, 0.2) is 0 Å². The van der Waals surface area contributed by atoms with Gasteiger partial charge in [-0.25, -0.2) is 0 Å². The fraction of sp³-hybridized carbons (Fsp3) is 0.364. The average Bonchev–Trinajstić information content (AvgIpc) is 2.62. The second kappa shape index (κ2) is 10.2. The van der Waals surface area contributed by atoms with Crippen molar-refractivity contribution in [3.05, 3.63) is 59.7 Å². The molecule has 0 saturated heterocycles. The first-order valence-electron chi connectivity index (χ1n) is 9.22. The zero-order valence-electron chi connectivity index (χ0n) is 16.4. The molecule has 0 aromatic heterocycles. The number of rotatable bonds is 8. The Balaban J connectivity index is 1.71. The number of hydrogen-bond donors (Lipinski definition) is 2. The smallest absolute Gasteiger partial charge is 0.234 e. The van der Waals surface area contributed by atoms with E-state index in [1.807, 2.05) is 48.5 Å². The van der Waals surface area contributed by atoms with Gasteiger partial charge in [0.05, 0.1) is 11.5 Å². The minimum absolute atomic E-state index is 0.105. The summed E-state index contributed by atoms with van der Waals surface area (Å²) in [5, 5.41) is 5.71. The lowest BCUT2D eigenvalue weighted by molar-refractivity contribution is -0.114. The molecule has 0 fully saturated rings. The number of anilines is 2. The highest BCUT2D eigenvalue weighted by Gasteiger charge is 2.08. The van der Waals surface area contributed by atoms with Crippen LogP contribution in [-0.2, 0) is 9.59 Å². The van der Waals surface area contributed by atoms with E-state index in [-0.39, 0.29) is 23.3 Å². The number of hydrogen-bond acceptors (Lipinski definition) is 3. The fourth-order valence-electron chi connectivity index (χ4n) is 2.53. The Hall–Kier alpha value is -2.27. The zero-order chi connectivity index (χ0) is 19.8. The highest BCUT2D eigenvalue weighted by Crippen LogP contribution is 2.18. The van der Waals surface area contributed by atoms with E-state index in [1.54, 1.807) is 0 Å². The van der Waals surface area contributed by atoms with Crippen LogP contribution in [0.2, 0.25) is 0 Å². The third-order valence-electron chi connectivity index (χ3n) is 4.19. The summed E-state index contributed by atoms with van der Waals surface area (Å²) in [6.07, 6.45) is 0. The van der Waals surface area contributed by atoms with Gasteiger partial charge in [0, 0.05) is 11.4 Å². The molecule has 0 aliphatic heterocycles. The number of thioether (sulfide) groups is 1. The van der Waals surface area contributed by atoms with Crippen molar-refractivity contribution >= 4 is 35.0 Å². The van der Waals surface area contributed by atoms with Gasteiger partial charge in [0.25, 0.3) is 0 Å². The van der Waals surface area contributed by atoms with Crippen molar-refractivity contribution in [3.63, 3.8) is 0 Å². The summed E-state index contributed by atoms with van der Waals surface area (Å²) in [5.74, 6) is 1.20. The van der Waals surface area contributed by atoms with E-state index in [4.69, 9.17) is 0 Å². The number of benzene rings is 2. The van der Waals surface area contributed by atoms with Crippen LogP contribution in [0, 0.1) is 0 Å². The van der Waals surface area contributed by atoms with Crippen molar-refractivity contribution in [1.82, 2.24) is 0 Å². The molecule has 0 unspecified atom stereocenters. The summed E-state index contributed by atoms with van der Waals surface area (Å²) >= 11 is 1.30. The van der Waals surface area contributed by atoms with E-state index in [9.17, 15) is 9.59 Å². The molecule has 0 bridgehead atoms. The predicted molar refractivity (Wildman–Crippen MR) is 116 cm³/mol. The Labute approximate surface area is 166 Å². The molecule has 0 aliphatic carbocycles. The van der Waals surface area contributed by atoms with Crippen LogP contribution in [0.4, 0.5) is 11.4 Å². The number of amides is 2. The Morgan fingerprint density at radius 2 is 1.04 bits per heavy atom. The molecule has 5 heteroatoms. The first kappa shape index (κ1) is 21.0. The zero-order valence-corrected chi connectivity index (χ0v) is 17.2. The average molecular weight is 385 g/mol. The lowest BCUT2D eigenvalue weighted by Gasteiger charge is -2.09. The van der Waals surface area contributed by atoms with Gasteiger partial charge in [-0.1, -0.05) is 52.0 Å². The number of carbonyl (C=O) groups is 2. The highest BCUT2D eigenvalue weighted by molar-refractivity contribution is 8.00. The first-order valence-corrected chi connectivity index (χ1v) is 10.4. The molecule has 0 spiro atoms. The minimum Gasteiger partial charge on any atom is -0.325 e. The van der Waals surface area contributed by atoms with Gasteiger partial charge < -0.3 is 10.6 Å². The molecular weight excluding hydrogens is 356 g/mol. The summed E-state index contributed by atoms with van der Waals surface area (Å²) in [6.45, 7) is 8.53. The molecule has 4 nitrogen and oxygen atoms in total. The fourth-order valence-corrected chi connectivity index (χ4v) is 3.15. The standard InChI is InChI=1S/C22H28N2O2S/c1-15(2)17-5-9-19(10-6-17)23-21(25)13-27-14-22(26)24-20-11-7-18(8-12-20)16(3)4/h5-12,15-16H,13-14H2,1-4H3,(H,23,25)(H,24,26). The normalized spacial score (nSPS) is 10.9. The van der Waals surface area contributed by atoms with Crippen molar-refractivity contribution in [3.8, 4) is 0 Å². The van der Waals surface area contributed by atoms with Gasteiger partial charge >= 0.3 is 0 Å². The lowest BCUT2D eigenvalue weighted by atomic mass is 10.0. The second-order valence-electron chi connectivity index (χ2n) is 7.14. The molecule has 0 aliphatic rings. The Morgan fingerprint density at radius 1 is 0.704 bits per heavy atom. The highest BCUT2D eigenvalue weighted by atomic mass is 32.2. The molecule has 2 aromatic rings. The van der Waals surface area contributed by atoms with Gasteiger partial charge in [0.1, 0.15) is 0 Å². The molecule has 0 radical (unpaired) electrons. The molecule has 2 aromatic carbocycles. The van der Waals surface area contributed by atoms with Gasteiger partial charge in [0.2, 0.25) is 11.8 Å². The topological polar surface area (TPSA) is 58.2 Å². The monoisotopic (exact) mass is 384 g/mol. The molecule has 2 N–H and O–H groups in total. The maximum absolute atomic E-state index is 12.0. The largest absolute Gasteiger partial charge is 0.325 e. The minimum atomic E-state index is -0.105. The van der Waals surface area contributed by atoms with Crippen LogP contribution in [0.5, 0.6) is 0 Å². The Morgan fingerprint density at radius 3 is 1.33 bits per heavy atom. The van der Waals surface area contributed by atoms with Crippen LogP contribution < -0.4 is 10.6 Å². The maximum Gasteiger partial charge on any atom is 0.234 e. The molecule has 144 valence electrons. The van der Waals surface area contributed by atoms with Gasteiger partial charge in [-0.15, -0.1) is 11.8 Å². The molecule has 0 saturated carbocycles. The van der Waals surface area contributed by atoms with Crippen LogP contribution in [0.3, 0.4) is 0 Å². The van der Waals surface area contributed by atoms with E-state index >= 15 is 0 Å². The van der Waals surface area contributed by atoms with Gasteiger partial charge in [-0.3, -0.25) is 9.59 Å². The summed E-state index contributed by atoms with van der Waals surface area (Å²) < 4.78 is 0. The third kappa shape index (κ3) is 7.10. The van der Waals surface area contributed by atoms with Crippen LogP contribution in [0.1, 0.15) is 50.7 Å². The van der Waals surface area contributed by atoms with Crippen molar-refractivity contribution in [1.29, 1.82) is 0 Å². The molecular formula is C22H28N2O2S. The summed E-state index contributed by atoms with van der Waals surface area (Å²) in [6, 6.07) is 15.7. The second-order valence-corrected chi connectivity index (χ2v) is 8.13. The molecule has 2 amide bonds. The van der Waals surface area contributed by atoms with Crippen LogP contribution in [0.25, 0.3) is 0 Å². The Bertz CT molecular complexity index is 687. The van der Waals surface area contributed by atoms with E-state index < -0.39 is 0 Å². The van der Waals surface area contributed by atoms with E-state index in [0.29, 0.717) is 11.8 Å². The first-order chi connectivity index (χ1) is 12.8. The van der Waals surface area contributed by atoms with E-state index in [1.165, 1.54) is 22.9 Å². The third-order valence-corrected chi connectivity index (χ3v) is 5.12. The van der Waals surface area contributed by atoms with Gasteiger partial charge in [-0.2, -0.15) is 0 Å². The van der Waals surface area contributed by atoms with Crippen molar-refractivity contribution in [2.45, 2.75) is 39.5 Å². The van der Waals surface area contributed by atoms with Crippen molar-refractivity contribution < 1.29 is 9.59 Å². The summed E-state index contributed by atoms with van der Waals surface area (Å²) in [4.78, 5) is 24.0. The molecule has 2 rings (SSSR count). The van der Waals surface area contributed by atoms with Crippen LogP contribution in [-0.4, -0.2) is 23.3 Å².